The largest absolute Gasteiger partial charge is 0.497 e. The van der Waals surface area contributed by atoms with Crippen LogP contribution in [-0.2, 0) is 26.8 Å². The molecule has 136 valence electrons. The fourth-order valence-electron chi connectivity index (χ4n) is 2.87. The zero-order valence-electron chi connectivity index (χ0n) is 14.6. The maximum absolute atomic E-state index is 12.7. The Bertz CT molecular complexity index is 804. The van der Waals surface area contributed by atoms with E-state index in [1.807, 2.05) is 30.3 Å². The van der Waals surface area contributed by atoms with Crippen molar-refractivity contribution in [3.63, 3.8) is 0 Å². The minimum Gasteiger partial charge on any atom is -0.497 e. The van der Waals surface area contributed by atoms with Gasteiger partial charge in [0.2, 0.25) is 5.91 Å². The number of ketones is 1. The van der Waals surface area contributed by atoms with E-state index < -0.39 is 16.2 Å². The maximum atomic E-state index is 12.7. The van der Waals surface area contributed by atoms with Gasteiger partial charge in [-0.1, -0.05) is 30.3 Å². The lowest BCUT2D eigenvalue weighted by Gasteiger charge is -2.39. The fourth-order valence-corrected chi connectivity index (χ4v) is 4.31. The van der Waals surface area contributed by atoms with E-state index in [0.717, 1.165) is 5.56 Å². The monoisotopic (exact) mass is 371 g/mol. The second-order valence-electron chi connectivity index (χ2n) is 6.18. The third-order valence-corrected chi connectivity index (χ3v) is 6.09. The molecule has 3 rings (SSSR count). The predicted molar refractivity (Wildman–Crippen MR) is 99.3 cm³/mol. The molecule has 1 fully saturated rings. The molecular weight excluding hydrogens is 350 g/mol. The number of ether oxygens (including phenoxy) is 1. The number of hydrogen-bond donors (Lipinski definition) is 0. The highest BCUT2D eigenvalue weighted by atomic mass is 32.2. The first-order valence-electron chi connectivity index (χ1n) is 8.48. The molecule has 0 N–H and O–H groups in total. The molecule has 1 aliphatic rings. The van der Waals surface area contributed by atoms with Gasteiger partial charge in [-0.15, -0.1) is 0 Å². The first-order chi connectivity index (χ1) is 12.6. The van der Waals surface area contributed by atoms with E-state index >= 15 is 0 Å². The van der Waals surface area contributed by atoms with Gasteiger partial charge in [-0.25, -0.2) is 0 Å². The molecule has 2 aromatic carbocycles. The number of β-lactam (4-membered cyclic amide) rings is 1. The molecule has 2 atom stereocenters. The lowest BCUT2D eigenvalue weighted by atomic mass is 10.1. The van der Waals surface area contributed by atoms with E-state index in [9.17, 15) is 13.8 Å². The fraction of sp³-hybridized carbons (Fsp3) is 0.300. The molecule has 6 heteroatoms. The lowest BCUT2D eigenvalue weighted by molar-refractivity contribution is -0.145. The Morgan fingerprint density at radius 2 is 1.85 bits per heavy atom. The number of Topliss-reactive ketones (excluding diaryl/α,β-unsaturated/α-hetero) is 1. The highest BCUT2D eigenvalue weighted by Gasteiger charge is 2.41. The molecule has 0 radical (unpaired) electrons. The molecular formula is C20H21NO4S. The number of benzene rings is 2. The third-order valence-electron chi connectivity index (χ3n) is 4.44. The zero-order valence-corrected chi connectivity index (χ0v) is 15.4. The average Bonchev–Trinajstić information content (AvgIpc) is 2.69. The highest BCUT2D eigenvalue weighted by molar-refractivity contribution is 7.85. The van der Waals surface area contributed by atoms with Crippen LogP contribution in [0, 0.1) is 0 Å². The number of amides is 1. The van der Waals surface area contributed by atoms with Gasteiger partial charge in [-0.2, -0.15) is 0 Å². The van der Waals surface area contributed by atoms with E-state index in [4.69, 9.17) is 4.74 Å². The summed E-state index contributed by atoms with van der Waals surface area (Å²) in [6.07, 6.45) is 1.23. The van der Waals surface area contributed by atoms with Crippen LogP contribution < -0.4 is 4.74 Å². The molecule has 5 nitrogen and oxygen atoms in total. The second kappa shape index (κ2) is 8.27. The van der Waals surface area contributed by atoms with Crippen LogP contribution in [0.1, 0.15) is 18.4 Å². The number of carbonyl (C=O) groups excluding carboxylic acids is 2. The van der Waals surface area contributed by atoms with Crippen LogP contribution in [0.15, 0.2) is 59.5 Å². The Kier molecular flexibility index (Phi) is 5.83. The number of hydrogen-bond acceptors (Lipinski definition) is 4. The van der Waals surface area contributed by atoms with Crippen molar-refractivity contribution in [2.75, 3.05) is 13.7 Å². The number of methoxy groups -OCH3 is 1. The van der Waals surface area contributed by atoms with E-state index in [1.165, 1.54) is 4.90 Å². The normalized spacial score (nSPS) is 17.5. The standard InChI is InChI=1S/C20H21NO4S/c1-25-17-9-11-18(12-10-17)26(24)20-13-19(23)21(20)14-16(22)8-7-15-5-3-2-4-6-15/h2-6,9-12,20H,7-8,13-14H2,1H3. The first kappa shape index (κ1) is 18.3. The summed E-state index contributed by atoms with van der Waals surface area (Å²) in [7, 11) is 0.207. The molecule has 2 unspecified atom stereocenters. The highest BCUT2D eigenvalue weighted by Crippen LogP contribution is 2.27. The Morgan fingerprint density at radius 1 is 1.15 bits per heavy atom. The molecule has 1 aliphatic heterocycles. The van der Waals surface area contributed by atoms with Gasteiger partial charge in [0, 0.05) is 11.3 Å². The van der Waals surface area contributed by atoms with Crippen molar-refractivity contribution in [1.29, 1.82) is 0 Å². The minimum atomic E-state index is -1.36. The second-order valence-corrected chi connectivity index (χ2v) is 7.79. The number of likely N-dealkylation sites (tertiary alicyclic amines) is 1. The SMILES string of the molecule is COc1ccc(S(=O)C2CC(=O)N2CC(=O)CCc2ccccc2)cc1. The molecule has 1 heterocycles. The molecule has 1 amide bonds. The topological polar surface area (TPSA) is 63.7 Å². The first-order valence-corrected chi connectivity index (χ1v) is 9.69. The van der Waals surface area contributed by atoms with Crippen LogP contribution in [-0.4, -0.2) is 39.8 Å². The molecule has 0 aromatic heterocycles. The Hall–Kier alpha value is -2.47. The van der Waals surface area contributed by atoms with Crippen molar-refractivity contribution >= 4 is 22.5 Å². The molecule has 0 saturated carbocycles. The van der Waals surface area contributed by atoms with Gasteiger partial charge in [-0.05, 0) is 36.2 Å². The van der Waals surface area contributed by atoms with E-state index in [0.29, 0.717) is 23.5 Å². The number of rotatable bonds is 8. The van der Waals surface area contributed by atoms with Gasteiger partial charge >= 0.3 is 0 Å². The summed E-state index contributed by atoms with van der Waals surface area (Å²) < 4.78 is 17.8. The number of nitrogens with zero attached hydrogens (tertiary/aromatic N) is 1. The molecule has 1 saturated heterocycles. The smallest absolute Gasteiger partial charge is 0.227 e. The van der Waals surface area contributed by atoms with Crippen molar-refractivity contribution in [1.82, 2.24) is 4.90 Å². The quantitative estimate of drug-likeness (QED) is 0.669. The molecule has 0 bridgehead atoms. The van der Waals surface area contributed by atoms with Gasteiger partial charge in [0.25, 0.3) is 0 Å². The van der Waals surface area contributed by atoms with Crippen molar-refractivity contribution in [3.05, 3.63) is 60.2 Å². The zero-order chi connectivity index (χ0) is 18.5. The Morgan fingerprint density at radius 3 is 2.46 bits per heavy atom. The van der Waals surface area contributed by atoms with Gasteiger partial charge < -0.3 is 9.64 Å². The average molecular weight is 371 g/mol. The van der Waals surface area contributed by atoms with Crippen molar-refractivity contribution < 1.29 is 18.5 Å². The van der Waals surface area contributed by atoms with E-state index in [-0.39, 0.29) is 24.7 Å². The van der Waals surface area contributed by atoms with Crippen LogP contribution in [0.5, 0.6) is 5.75 Å². The molecule has 2 aromatic rings. The third kappa shape index (κ3) is 4.19. The predicted octanol–water partition coefficient (Wildman–Crippen LogP) is 2.56. The van der Waals surface area contributed by atoms with Crippen LogP contribution >= 0.6 is 0 Å². The van der Waals surface area contributed by atoms with E-state index in [1.54, 1.807) is 31.4 Å². The van der Waals surface area contributed by atoms with Gasteiger partial charge in [0.05, 0.1) is 30.9 Å². The van der Waals surface area contributed by atoms with Gasteiger partial charge in [0.15, 0.2) is 5.78 Å². The van der Waals surface area contributed by atoms with Gasteiger partial charge in [0.1, 0.15) is 11.1 Å². The van der Waals surface area contributed by atoms with E-state index in [2.05, 4.69) is 0 Å². The summed E-state index contributed by atoms with van der Waals surface area (Å²) in [5.41, 5.74) is 1.09. The summed E-state index contributed by atoms with van der Waals surface area (Å²) in [6, 6.07) is 16.7. The summed E-state index contributed by atoms with van der Waals surface area (Å²) in [5.74, 6) is 0.548. The summed E-state index contributed by atoms with van der Waals surface area (Å²) >= 11 is 0. The van der Waals surface area contributed by atoms with Crippen molar-refractivity contribution in [2.24, 2.45) is 0 Å². The van der Waals surface area contributed by atoms with Crippen LogP contribution in [0.3, 0.4) is 0 Å². The van der Waals surface area contributed by atoms with Crippen LogP contribution in [0.4, 0.5) is 0 Å². The number of carbonyl (C=O) groups is 2. The Balaban J connectivity index is 1.57. The number of aryl methyl sites for hydroxylation is 1. The Labute approximate surface area is 155 Å². The maximum Gasteiger partial charge on any atom is 0.227 e. The minimum absolute atomic E-state index is 0.0152. The van der Waals surface area contributed by atoms with Crippen LogP contribution in [0.2, 0.25) is 0 Å². The lowest BCUT2D eigenvalue weighted by Crippen LogP contribution is -2.56. The molecule has 0 aliphatic carbocycles. The summed E-state index contributed by atoms with van der Waals surface area (Å²) in [5, 5.41) is -0.434. The van der Waals surface area contributed by atoms with Crippen molar-refractivity contribution in [3.8, 4) is 5.75 Å². The summed E-state index contributed by atoms with van der Waals surface area (Å²) in [6.45, 7) is 0.0260. The van der Waals surface area contributed by atoms with Crippen molar-refractivity contribution in [2.45, 2.75) is 29.5 Å². The molecule has 26 heavy (non-hydrogen) atoms. The van der Waals surface area contributed by atoms with Gasteiger partial charge in [-0.3, -0.25) is 13.8 Å². The summed E-state index contributed by atoms with van der Waals surface area (Å²) in [4.78, 5) is 26.2. The van der Waals surface area contributed by atoms with Crippen LogP contribution in [0.25, 0.3) is 0 Å². The molecule has 0 spiro atoms.